The van der Waals surface area contributed by atoms with Gasteiger partial charge >= 0.3 is 0 Å². The van der Waals surface area contributed by atoms with Crippen LogP contribution in [0.4, 0.5) is 5.69 Å². The van der Waals surface area contributed by atoms with Crippen molar-refractivity contribution in [1.82, 2.24) is 9.78 Å². The van der Waals surface area contributed by atoms with Gasteiger partial charge in [-0.25, -0.2) is 0 Å². The van der Waals surface area contributed by atoms with Crippen LogP contribution in [-0.2, 0) is 0 Å². The van der Waals surface area contributed by atoms with E-state index in [-0.39, 0.29) is 22.7 Å². The van der Waals surface area contributed by atoms with Gasteiger partial charge in [-0.1, -0.05) is 65.1 Å². The zero-order chi connectivity index (χ0) is 18.7. The first-order chi connectivity index (χ1) is 12.5. The summed E-state index contributed by atoms with van der Waals surface area (Å²) in [4.78, 5) is 12.2. The van der Waals surface area contributed by atoms with Crippen LogP contribution >= 0.6 is 34.8 Å². The maximum atomic E-state index is 12.2. The number of aliphatic hydroxyl groups excluding tert-OH is 1. The molecule has 0 fully saturated rings. The number of aliphatic hydroxyl groups is 1. The summed E-state index contributed by atoms with van der Waals surface area (Å²) in [5.74, 6) is 0. The van der Waals surface area contributed by atoms with E-state index in [1.54, 1.807) is 18.2 Å². The van der Waals surface area contributed by atoms with Crippen LogP contribution in [0.25, 0.3) is 5.69 Å². The van der Waals surface area contributed by atoms with Crippen LogP contribution in [0.1, 0.15) is 11.6 Å². The number of nitrogens with zero attached hydrogens (tertiary/aromatic N) is 2. The number of benzene rings is 2. The third kappa shape index (κ3) is 3.86. The zero-order valence-electron chi connectivity index (χ0n) is 13.4. The second kappa shape index (κ2) is 8.10. The molecule has 0 radical (unpaired) electrons. The summed E-state index contributed by atoms with van der Waals surface area (Å²) < 4.78 is 1.12. The van der Waals surface area contributed by atoms with Gasteiger partial charge in [0.1, 0.15) is 5.02 Å². The van der Waals surface area contributed by atoms with E-state index >= 15 is 0 Å². The molecule has 0 bridgehead atoms. The molecule has 1 aromatic heterocycles. The lowest BCUT2D eigenvalue weighted by Gasteiger charge is -2.19. The van der Waals surface area contributed by atoms with Crippen LogP contribution in [0.15, 0.2) is 59.5 Å². The van der Waals surface area contributed by atoms with Crippen molar-refractivity contribution >= 4 is 40.5 Å². The predicted octanol–water partition coefficient (Wildman–Crippen LogP) is 4.34. The maximum absolute atomic E-state index is 12.2. The lowest BCUT2D eigenvalue weighted by molar-refractivity contribution is 0.276. The number of aromatic nitrogens is 2. The highest BCUT2D eigenvalue weighted by Crippen LogP contribution is 2.28. The molecule has 8 heteroatoms. The number of anilines is 1. The monoisotopic (exact) mass is 409 g/mol. The average Bonchev–Trinajstić information content (AvgIpc) is 2.66. The Bertz CT molecular complexity index is 977. The summed E-state index contributed by atoms with van der Waals surface area (Å²) in [5, 5.41) is 17.2. The third-order valence-electron chi connectivity index (χ3n) is 3.79. The van der Waals surface area contributed by atoms with E-state index in [1.165, 1.54) is 6.20 Å². The van der Waals surface area contributed by atoms with Gasteiger partial charge in [0.2, 0.25) is 0 Å². The molecule has 1 unspecified atom stereocenters. The number of rotatable bonds is 5. The molecule has 3 aromatic rings. The Morgan fingerprint density at radius 2 is 1.81 bits per heavy atom. The Kier molecular flexibility index (Phi) is 5.84. The van der Waals surface area contributed by atoms with Gasteiger partial charge in [0.05, 0.1) is 40.3 Å². The molecule has 134 valence electrons. The molecule has 26 heavy (non-hydrogen) atoms. The first kappa shape index (κ1) is 18.7. The molecule has 1 heterocycles. The van der Waals surface area contributed by atoms with Crippen LogP contribution in [0, 0.1) is 0 Å². The highest BCUT2D eigenvalue weighted by molar-refractivity contribution is 6.41. The molecule has 2 aromatic carbocycles. The van der Waals surface area contributed by atoms with E-state index in [9.17, 15) is 9.90 Å². The SMILES string of the molecule is O=c1c(Cl)c(Cl)cnn1-c1ccc(NC(CO)c2ccccc2)c(Cl)c1. The number of hydrogen-bond donors (Lipinski definition) is 2. The molecule has 0 spiro atoms. The van der Waals surface area contributed by atoms with Gasteiger partial charge in [0, 0.05) is 0 Å². The maximum Gasteiger partial charge on any atom is 0.291 e. The van der Waals surface area contributed by atoms with Crippen molar-refractivity contribution in [3.05, 3.63) is 85.7 Å². The molecule has 1 atom stereocenters. The van der Waals surface area contributed by atoms with Crippen molar-refractivity contribution in [2.45, 2.75) is 6.04 Å². The normalized spacial score (nSPS) is 12.0. The van der Waals surface area contributed by atoms with E-state index in [0.29, 0.717) is 16.4 Å². The fourth-order valence-corrected chi connectivity index (χ4v) is 2.94. The number of nitrogens with one attached hydrogen (secondary N) is 1. The Labute approximate surface area is 164 Å². The first-order valence-corrected chi connectivity index (χ1v) is 8.80. The molecule has 0 amide bonds. The molecule has 2 N–H and O–H groups in total. The Balaban J connectivity index is 1.91. The quantitative estimate of drug-likeness (QED) is 0.657. The molecule has 0 aliphatic carbocycles. The van der Waals surface area contributed by atoms with Gasteiger partial charge in [-0.3, -0.25) is 4.79 Å². The van der Waals surface area contributed by atoms with Gasteiger partial charge in [-0.15, -0.1) is 0 Å². The zero-order valence-corrected chi connectivity index (χ0v) is 15.6. The average molecular weight is 411 g/mol. The van der Waals surface area contributed by atoms with E-state index in [0.717, 1.165) is 10.2 Å². The first-order valence-electron chi connectivity index (χ1n) is 7.67. The number of halogens is 3. The Morgan fingerprint density at radius 1 is 1.08 bits per heavy atom. The fourth-order valence-electron chi connectivity index (χ4n) is 2.46. The van der Waals surface area contributed by atoms with Crippen molar-refractivity contribution in [2.24, 2.45) is 0 Å². The highest BCUT2D eigenvalue weighted by Gasteiger charge is 2.14. The molecule has 5 nitrogen and oxygen atoms in total. The van der Waals surface area contributed by atoms with Gasteiger partial charge in [0.15, 0.2) is 0 Å². The predicted molar refractivity (Wildman–Crippen MR) is 105 cm³/mol. The minimum absolute atomic E-state index is 0.0888. The largest absolute Gasteiger partial charge is 0.394 e. The summed E-state index contributed by atoms with van der Waals surface area (Å²) in [6.45, 7) is -0.101. The van der Waals surface area contributed by atoms with Crippen LogP contribution in [0.3, 0.4) is 0 Å². The number of hydrogen-bond acceptors (Lipinski definition) is 4. The summed E-state index contributed by atoms with van der Waals surface area (Å²) in [7, 11) is 0. The van der Waals surface area contributed by atoms with Gasteiger partial charge in [-0.05, 0) is 23.8 Å². The summed E-state index contributed by atoms with van der Waals surface area (Å²) in [5.41, 5.74) is 1.46. The standard InChI is InChI=1S/C18H14Cl3N3O2/c19-13-8-12(24-18(26)17(21)14(20)9-22-24)6-7-15(13)23-16(10-25)11-4-2-1-3-5-11/h1-9,16,23,25H,10H2. The molecule has 3 rings (SSSR count). The Morgan fingerprint density at radius 3 is 2.46 bits per heavy atom. The summed E-state index contributed by atoms with van der Waals surface area (Å²) in [6, 6.07) is 14.2. The van der Waals surface area contributed by atoms with Gasteiger partial charge in [-0.2, -0.15) is 9.78 Å². The fraction of sp³-hybridized carbons (Fsp3) is 0.111. The van der Waals surface area contributed by atoms with Gasteiger partial charge in [0.25, 0.3) is 5.56 Å². The molecule has 0 aliphatic heterocycles. The van der Waals surface area contributed by atoms with E-state index in [4.69, 9.17) is 34.8 Å². The highest BCUT2D eigenvalue weighted by atomic mass is 35.5. The minimum atomic E-state index is -0.534. The topological polar surface area (TPSA) is 67.2 Å². The molecule has 0 saturated carbocycles. The van der Waals surface area contributed by atoms with Crippen LogP contribution < -0.4 is 10.9 Å². The Hall–Kier alpha value is -2.05. The molecule has 0 saturated heterocycles. The van der Waals surface area contributed by atoms with Gasteiger partial charge < -0.3 is 10.4 Å². The van der Waals surface area contributed by atoms with Crippen molar-refractivity contribution in [3.8, 4) is 5.69 Å². The molecular weight excluding hydrogens is 397 g/mol. The minimum Gasteiger partial charge on any atom is -0.394 e. The lowest BCUT2D eigenvalue weighted by Crippen LogP contribution is -2.21. The summed E-state index contributed by atoms with van der Waals surface area (Å²) in [6.07, 6.45) is 1.29. The second-order valence-corrected chi connectivity index (χ2v) is 6.67. The van der Waals surface area contributed by atoms with E-state index < -0.39 is 5.56 Å². The lowest BCUT2D eigenvalue weighted by atomic mass is 10.1. The molecule has 0 aliphatic rings. The van der Waals surface area contributed by atoms with Crippen LogP contribution in [-0.4, -0.2) is 21.5 Å². The molecular formula is C18H14Cl3N3O2. The van der Waals surface area contributed by atoms with Crippen LogP contribution in [0.5, 0.6) is 0 Å². The second-order valence-electron chi connectivity index (χ2n) is 5.48. The van der Waals surface area contributed by atoms with Crippen molar-refractivity contribution in [2.75, 3.05) is 11.9 Å². The summed E-state index contributed by atoms with van der Waals surface area (Å²) >= 11 is 18.0. The van der Waals surface area contributed by atoms with Crippen molar-refractivity contribution in [3.63, 3.8) is 0 Å². The van der Waals surface area contributed by atoms with E-state index in [1.807, 2.05) is 30.3 Å². The third-order valence-corrected chi connectivity index (χ3v) is 4.85. The van der Waals surface area contributed by atoms with E-state index in [2.05, 4.69) is 10.4 Å². The van der Waals surface area contributed by atoms with Crippen molar-refractivity contribution in [1.29, 1.82) is 0 Å². The smallest absolute Gasteiger partial charge is 0.291 e. The van der Waals surface area contributed by atoms with Crippen LogP contribution in [0.2, 0.25) is 15.1 Å². The van der Waals surface area contributed by atoms with Crippen molar-refractivity contribution < 1.29 is 5.11 Å².